The van der Waals surface area contributed by atoms with Crippen LogP contribution in [0, 0.1) is 5.92 Å². The number of hydrogen-bond donors (Lipinski definition) is 1. The van der Waals surface area contributed by atoms with E-state index in [1.54, 1.807) is 21.1 Å². The standard InChI is InChI=1S/C15H22O3/c1-10(2)13(8-11(3)16)12-6-7-14(17-4)15(9-12)18-5/h6-11,16H,1-5H3/b13-8+. The smallest absolute Gasteiger partial charge is 0.161 e. The van der Waals surface area contributed by atoms with Crippen molar-refractivity contribution >= 4 is 5.57 Å². The molecule has 100 valence electrons. The second-order valence-corrected chi connectivity index (χ2v) is 4.59. The Morgan fingerprint density at radius 2 is 1.72 bits per heavy atom. The van der Waals surface area contributed by atoms with Crippen molar-refractivity contribution in [2.75, 3.05) is 14.2 Å². The Labute approximate surface area is 109 Å². The van der Waals surface area contributed by atoms with Crippen LogP contribution in [0.3, 0.4) is 0 Å². The van der Waals surface area contributed by atoms with Gasteiger partial charge in [-0.25, -0.2) is 0 Å². The van der Waals surface area contributed by atoms with Gasteiger partial charge in [-0.2, -0.15) is 0 Å². The van der Waals surface area contributed by atoms with Gasteiger partial charge in [0.2, 0.25) is 0 Å². The number of allylic oxidation sites excluding steroid dienone is 1. The van der Waals surface area contributed by atoms with E-state index in [4.69, 9.17) is 9.47 Å². The number of aliphatic hydroxyl groups is 1. The van der Waals surface area contributed by atoms with Crippen molar-refractivity contribution in [1.29, 1.82) is 0 Å². The summed E-state index contributed by atoms with van der Waals surface area (Å²) in [6.45, 7) is 5.96. The van der Waals surface area contributed by atoms with Crippen LogP contribution < -0.4 is 9.47 Å². The minimum absolute atomic E-state index is 0.331. The molecule has 0 amide bonds. The lowest BCUT2D eigenvalue weighted by molar-refractivity contribution is 0.244. The lowest BCUT2D eigenvalue weighted by Crippen LogP contribution is -2.01. The minimum atomic E-state index is -0.463. The maximum absolute atomic E-state index is 9.53. The molecular weight excluding hydrogens is 228 g/mol. The van der Waals surface area contributed by atoms with Gasteiger partial charge in [0.05, 0.1) is 20.3 Å². The number of ether oxygens (including phenoxy) is 2. The van der Waals surface area contributed by atoms with Crippen LogP contribution in [0.25, 0.3) is 5.57 Å². The van der Waals surface area contributed by atoms with Crippen LogP contribution in [0.2, 0.25) is 0 Å². The van der Waals surface area contributed by atoms with E-state index in [1.807, 2.05) is 24.3 Å². The van der Waals surface area contributed by atoms with E-state index in [0.29, 0.717) is 17.4 Å². The Morgan fingerprint density at radius 3 is 2.17 bits per heavy atom. The fraction of sp³-hybridized carbons (Fsp3) is 0.467. The number of benzene rings is 1. The number of rotatable bonds is 5. The molecular formula is C15H22O3. The maximum Gasteiger partial charge on any atom is 0.161 e. The number of aliphatic hydroxyl groups excluding tert-OH is 1. The third kappa shape index (κ3) is 3.50. The first-order chi connectivity index (χ1) is 8.49. The number of hydrogen-bond acceptors (Lipinski definition) is 3. The molecule has 1 aromatic rings. The Morgan fingerprint density at radius 1 is 1.11 bits per heavy atom. The molecule has 0 heterocycles. The molecule has 0 spiro atoms. The highest BCUT2D eigenvalue weighted by Crippen LogP contribution is 2.32. The number of methoxy groups -OCH3 is 2. The summed E-state index contributed by atoms with van der Waals surface area (Å²) in [6, 6.07) is 5.80. The molecule has 0 saturated carbocycles. The van der Waals surface area contributed by atoms with Crippen LogP contribution in [0.4, 0.5) is 0 Å². The van der Waals surface area contributed by atoms with Crippen LogP contribution in [-0.2, 0) is 0 Å². The van der Waals surface area contributed by atoms with Crippen LogP contribution in [0.1, 0.15) is 26.3 Å². The van der Waals surface area contributed by atoms with E-state index in [1.165, 1.54) is 0 Å². The van der Waals surface area contributed by atoms with Gasteiger partial charge < -0.3 is 14.6 Å². The summed E-state index contributed by atoms with van der Waals surface area (Å²) in [5.74, 6) is 1.74. The van der Waals surface area contributed by atoms with Gasteiger partial charge in [-0.15, -0.1) is 0 Å². The summed E-state index contributed by atoms with van der Waals surface area (Å²) in [7, 11) is 3.24. The van der Waals surface area contributed by atoms with Gasteiger partial charge >= 0.3 is 0 Å². The van der Waals surface area contributed by atoms with Gasteiger partial charge in [-0.05, 0) is 36.1 Å². The lowest BCUT2D eigenvalue weighted by atomic mass is 9.93. The minimum Gasteiger partial charge on any atom is -0.493 e. The summed E-state index contributed by atoms with van der Waals surface area (Å²) < 4.78 is 10.5. The predicted octanol–water partition coefficient (Wildman–Crippen LogP) is 3.12. The maximum atomic E-state index is 9.53. The molecule has 3 nitrogen and oxygen atoms in total. The second kappa shape index (κ2) is 6.45. The molecule has 0 bridgehead atoms. The monoisotopic (exact) mass is 250 g/mol. The highest BCUT2D eigenvalue weighted by molar-refractivity contribution is 5.69. The molecule has 1 aromatic carbocycles. The average molecular weight is 250 g/mol. The molecule has 0 aliphatic rings. The van der Waals surface area contributed by atoms with E-state index < -0.39 is 6.10 Å². The molecule has 1 rings (SSSR count). The molecule has 1 unspecified atom stereocenters. The van der Waals surface area contributed by atoms with Gasteiger partial charge in [-0.1, -0.05) is 26.0 Å². The van der Waals surface area contributed by atoms with E-state index in [2.05, 4.69) is 13.8 Å². The Hall–Kier alpha value is -1.48. The van der Waals surface area contributed by atoms with E-state index >= 15 is 0 Å². The molecule has 0 aromatic heterocycles. The molecule has 1 atom stereocenters. The molecule has 0 fully saturated rings. The normalized spacial score (nSPS) is 13.6. The largest absolute Gasteiger partial charge is 0.493 e. The van der Waals surface area contributed by atoms with E-state index in [9.17, 15) is 5.11 Å². The van der Waals surface area contributed by atoms with Crippen LogP contribution in [0.5, 0.6) is 11.5 Å². The molecule has 1 N–H and O–H groups in total. The lowest BCUT2D eigenvalue weighted by Gasteiger charge is -2.15. The third-order valence-corrected chi connectivity index (χ3v) is 2.76. The first kappa shape index (κ1) is 14.6. The first-order valence-electron chi connectivity index (χ1n) is 6.11. The van der Waals surface area contributed by atoms with Gasteiger partial charge in [-0.3, -0.25) is 0 Å². The molecule has 3 heteroatoms. The topological polar surface area (TPSA) is 38.7 Å². The van der Waals surface area contributed by atoms with Crippen LogP contribution >= 0.6 is 0 Å². The highest BCUT2D eigenvalue weighted by Gasteiger charge is 2.11. The fourth-order valence-electron chi connectivity index (χ4n) is 1.90. The zero-order chi connectivity index (χ0) is 13.7. The summed E-state index contributed by atoms with van der Waals surface area (Å²) in [6.07, 6.45) is 1.40. The van der Waals surface area contributed by atoms with Gasteiger partial charge in [0.25, 0.3) is 0 Å². The third-order valence-electron chi connectivity index (χ3n) is 2.76. The zero-order valence-corrected chi connectivity index (χ0v) is 11.7. The van der Waals surface area contributed by atoms with Crippen molar-refractivity contribution in [2.24, 2.45) is 5.92 Å². The van der Waals surface area contributed by atoms with Crippen molar-refractivity contribution in [3.8, 4) is 11.5 Å². The Kier molecular flexibility index (Phi) is 5.23. The molecule has 0 aliphatic heterocycles. The van der Waals surface area contributed by atoms with Crippen molar-refractivity contribution < 1.29 is 14.6 Å². The molecule has 0 saturated heterocycles. The Bertz CT molecular complexity index is 420. The van der Waals surface area contributed by atoms with Gasteiger partial charge in [0, 0.05) is 0 Å². The van der Waals surface area contributed by atoms with Gasteiger partial charge in [0.15, 0.2) is 11.5 Å². The second-order valence-electron chi connectivity index (χ2n) is 4.59. The van der Waals surface area contributed by atoms with Crippen molar-refractivity contribution in [3.63, 3.8) is 0 Å². The molecule has 18 heavy (non-hydrogen) atoms. The first-order valence-corrected chi connectivity index (χ1v) is 6.11. The summed E-state index contributed by atoms with van der Waals surface area (Å²) in [5.41, 5.74) is 2.15. The van der Waals surface area contributed by atoms with Crippen LogP contribution in [-0.4, -0.2) is 25.4 Å². The average Bonchev–Trinajstić information content (AvgIpc) is 2.34. The van der Waals surface area contributed by atoms with Crippen molar-refractivity contribution in [1.82, 2.24) is 0 Å². The van der Waals surface area contributed by atoms with Crippen LogP contribution in [0.15, 0.2) is 24.3 Å². The summed E-state index contributed by atoms with van der Waals surface area (Å²) in [5, 5.41) is 9.53. The van der Waals surface area contributed by atoms with Crippen molar-refractivity contribution in [3.05, 3.63) is 29.8 Å². The fourth-order valence-corrected chi connectivity index (χ4v) is 1.90. The summed E-state index contributed by atoms with van der Waals surface area (Å²) >= 11 is 0. The van der Waals surface area contributed by atoms with E-state index in [0.717, 1.165) is 11.1 Å². The predicted molar refractivity (Wildman–Crippen MR) is 74.0 cm³/mol. The SMILES string of the molecule is COc1ccc(/C(=C/C(C)O)C(C)C)cc1OC. The van der Waals surface area contributed by atoms with Crippen molar-refractivity contribution in [2.45, 2.75) is 26.9 Å². The summed E-state index contributed by atoms with van der Waals surface area (Å²) in [4.78, 5) is 0. The Balaban J connectivity index is 3.22. The van der Waals surface area contributed by atoms with Gasteiger partial charge in [0.1, 0.15) is 0 Å². The molecule has 0 aliphatic carbocycles. The highest BCUT2D eigenvalue weighted by atomic mass is 16.5. The van der Waals surface area contributed by atoms with E-state index in [-0.39, 0.29) is 0 Å². The quantitative estimate of drug-likeness (QED) is 0.872. The molecule has 0 radical (unpaired) electrons. The zero-order valence-electron chi connectivity index (χ0n) is 11.7.